The van der Waals surface area contributed by atoms with Crippen molar-refractivity contribution in [1.82, 2.24) is 0 Å². The zero-order chi connectivity index (χ0) is 13.9. The number of carbonyl (C=O) groups is 2. The van der Waals surface area contributed by atoms with Gasteiger partial charge in [0.1, 0.15) is 0 Å². The van der Waals surface area contributed by atoms with Crippen molar-refractivity contribution in [1.29, 1.82) is 0 Å². The monoisotopic (exact) mass is 254 g/mol. The van der Waals surface area contributed by atoms with Crippen LogP contribution in [0, 0.1) is 17.3 Å². The van der Waals surface area contributed by atoms with Gasteiger partial charge in [-0.1, -0.05) is 25.5 Å². The van der Waals surface area contributed by atoms with Crippen LogP contribution in [0.3, 0.4) is 0 Å². The minimum atomic E-state index is -0.852. The maximum Gasteiger partial charge on any atom is 0.320 e. The Balaban J connectivity index is 3.02. The fourth-order valence-electron chi connectivity index (χ4n) is 2.86. The van der Waals surface area contributed by atoms with Crippen LogP contribution >= 0.6 is 0 Å². The molecule has 0 amide bonds. The first-order valence-corrected chi connectivity index (χ1v) is 6.13. The third-order valence-electron chi connectivity index (χ3n) is 3.38. The normalized spacial score (nSPS) is 22.3. The third-order valence-corrected chi connectivity index (χ3v) is 3.38. The number of ether oxygens (including phenoxy) is 2. The summed E-state index contributed by atoms with van der Waals surface area (Å²) in [7, 11) is 2.59. The summed E-state index contributed by atoms with van der Waals surface area (Å²) < 4.78 is 9.45. The number of carbonyl (C=O) groups excluding carboxylic acids is 2. The fourth-order valence-corrected chi connectivity index (χ4v) is 2.86. The molecule has 0 aromatic rings. The van der Waals surface area contributed by atoms with E-state index in [4.69, 9.17) is 9.47 Å². The number of methoxy groups -OCH3 is 2. The lowest BCUT2D eigenvalue weighted by atomic mass is 9.69. The SMILES string of the molecule is COC(=O)C(C(=O)OC)C1C=C(C)CC(C)(C)C1. The van der Waals surface area contributed by atoms with Crippen LogP contribution in [0.5, 0.6) is 0 Å². The minimum absolute atomic E-state index is 0.0871. The van der Waals surface area contributed by atoms with Crippen molar-refractivity contribution in [2.45, 2.75) is 33.6 Å². The van der Waals surface area contributed by atoms with Gasteiger partial charge in [0.15, 0.2) is 5.92 Å². The third kappa shape index (κ3) is 3.34. The average molecular weight is 254 g/mol. The molecule has 0 saturated heterocycles. The molecule has 0 N–H and O–H groups in total. The van der Waals surface area contributed by atoms with E-state index in [-0.39, 0.29) is 11.3 Å². The van der Waals surface area contributed by atoms with Crippen LogP contribution in [0.15, 0.2) is 11.6 Å². The second-order valence-electron chi connectivity index (χ2n) is 5.75. The Morgan fingerprint density at radius 3 is 2.17 bits per heavy atom. The zero-order valence-corrected chi connectivity index (χ0v) is 11.8. The van der Waals surface area contributed by atoms with E-state index in [1.54, 1.807) is 0 Å². The van der Waals surface area contributed by atoms with Gasteiger partial charge in [0.2, 0.25) is 0 Å². The van der Waals surface area contributed by atoms with E-state index < -0.39 is 17.9 Å². The summed E-state index contributed by atoms with van der Waals surface area (Å²) in [6.45, 7) is 6.31. The van der Waals surface area contributed by atoms with Crippen LogP contribution in [0.2, 0.25) is 0 Å². The van der Waals surface area contributed by atoms with E-state index in [2.05, 4.69) is 13.8 Å². The van der Waals surface area contributed by atoms with Gasteiger partial charge in [-0.2, -0.15) is 0 Å². The molecule has 4 nitrogen and oxygen atoms in total. The van der Waals surface area contributed by atoms with E-state index >= 15 is 0 Å². The Kier molecular flexibility index (Phi) is 4.54. The molecule has 0 radical (unpaired) electrons. The molecule has 0 heterocycles. The van der Waals surface area contributed by atoms with Gasteiger partial charge in [-0.05, 0) is 25.2 Å². The Morgan fingerprint density at radius 1 is 1.28 bits per heavy atom. The molecular formula is C14H22O4. The number of rotatable bonds is 3. The van der Waals surface area contributed by atoms with E-state index in [9.17, 15) is 9.59 Å². The van der Waals surface area contributed by atoms with Gasteiger partial charge in [-0.3, -0.25) is 9.59 Å². The van der Waals surface area contributed by atoms with Gasteiger partial charge >= 0.3 is 11.9 Å². The first-order valence-electron chi connectivity index (χ1n) is 6.13. The van der Waals surface area contributed by atoms with Crippen LogP contribution in [0.25, 0.3) is 0 Å². The van der Waals surface area contributed by atoms with E-state index in [1.807, 2.05) is 13.0 Å². The highest BCUT2D eigenvalue weighted by molar-refractivity contribution is 5.95. The maximum absolute atomic E-state index is 11.8. The highest BCUT2D eigenvalue weighted by atomic mass is 16.5. The predicted molar refractivity (Wildman–Crippen MR) is 67.8 cm³/mol. The molecule has 102 valence electrons. The quantitative estimate of drug-likeness (QED) is 0.440. The van der Waals surface area contributed by atoms with Crippen molar-refractivity contribution >= 4 is 11.9 Å². The highest BCUT2D eigenvalue weighted by Crippen LogP contribution is 2.41. The van der Waals surface area contributed by atoms with Crippen LogP contribution in [0.4, 0.5) is 0 Å². The lowest BCUT2D eigenvalue weighted by molar-refractivity contribution is -0.161. The summed E-state index contributed by atoms with van der Waals surface area (Å²) in [6.07, 6.45) is 3.77. The van der Waals surface area contributed by atoms with Crippen LogP contribution < -0.4 is 0 Å². The van der Waals surface area contributed by atoms with Crippen LogP contribution in [-0.4, -0.2) is 26.2 Å². The summed E-state index contributed by atoms with van der Waals surface area (Å²) in [5.41, 5.74) is 1.29. The number of esters is 2. The summed E-state index contributed by atoms with van der Waals surface area (Å²) >= 11 is 0. The Labute approximate surface area is 108 Å². The maximum atomic E-state index is 11.8. The molecule has 1 aliphatic rings. The molecule has 18 heavy (non-hydrogen) atoms. The van der Waals surface area contributed by atoms with Crippen molar-refractivity contribution in [2.24, 2.45) is 17.3 Å². The van der Waals surface area contributed by atoms with Gasteiger partial charge in [0.25, 0.3) is 0 Å². The predicted octanol–water partition coefficient (Wildman–Crippen LogP) is 2.33. The Morgan fingerprint density at radius 2 is 1.78 bits per heavy atom. The highest BCUT2D eigenvalue weighted by Gasteiger charge is 2.40. The number of allylic oxidation sites excluding steroid dienone is 2. The smallest absolute Gasteiger partial charge is 0.320 e. The molecule has 4 heteroatoms. The summed E-state index contributed by atoms with van der Waals surface area (Å²) in [4.78, 5) is 23.6. The van der Waals surface area contributed by atoms with Gasteiger partial charge in [-0.25, -0.2) is 0 Å². The van der Waals surface area contributed by atoms with Crippen molar-refractivity contribution in [2.75, 3.05) is 14.2 Å². The molecule has 0 bridgehead atoms. The minimum Gasteiger partial charge on any atom is -0.468 e. The second-order valence-corrected chi connectivity index (χ2v) is 5.75. The fraction of sp³-hybridized carbons (Fsp3) is 0.714. The molecule has 0 aromatic heterocycles. The molecule has 0 aromatic carbocycles. The van der Waals surface area contributed by atoms with E-state index in [1.165, 1.54) is 19.8 Å². The number of hydrogen-bond donors (Lipinski definition) is 0. The molecule has 1 unspecified atom stereocenters. The Hall–Kier alpha value is -1.32. The molecule has 0 saturated carbocycles. The van der Waals surface area contributed by atoms with Gasteiger partial charge in [0.05, 0.1) is 14.2 Å². The van der Waals surface area contributed by atoms with Crippen LogP contribution in [-0.2, 0) is 19.1 Å². The first kappa shape index (κ1) is 14.7. The molecule has 0 fully saturated rings. The summed E-state index contributed by atoms with van der Waals surface area (Å²) in [6, 6.07) is 0. The molecule has 1 atom stereocenters. The van der Waals surface area contributed by atoms with Crippen molar-refractivity contribution in [3.8, 4) is 0 Å². The first-order chi connectivity index (χ1) is 8.30. The van der Waals surface area contributed by atoms with Gasteiger partial charge in [0, 0.05) is 5.92 Å². The largest absolute Gasteiger partial charge is 0.468 e. The standard InChI is InChI=1S/C14H22O4/c1-9-6-10(8-14(2,3)7-9)11(12(15)17-4)13(16)18-5/h6,10-11H,7-8H2,1-5H3. The van der Waals surface area contributed by atoms with Crippen molar-refractivity contribution in [3.63, 3.8) is 0 Å². The molecular weight excluding hydrogens is 232 g/mol. The summed E-state index contributed by atoms with van der Waals surface area (Å²) in [5.74, 6) is -2.04. The molecule has 1 rings (SSSR count). The second kappa shape index (κ2) is 5.55. The van der Waals surface area contributed by atoms with Crippen LogP contribution in [0.1, 0.15) is 33.6 Å². The molecule has 1 aliphatic carbocycles. The van der Waals surface area contributed by atoms with Crippen molar-refractivity contribution < 1.29 is 19.1 Å². The van der Waals surface area contributed by atoms with E-state index in [0.717, 1.165) is 12.8 Å². The zero-order valence-electron chi connectivity index (χ0n) is 11.8. The lowest BCUT2D eigenvalue weighted by Gasteiger charge is -2.35. The van der Waals surface area contributed by atoms with Crippen molar-refractivity contribution in [3.05, 3.63) is 11.6 Å². The van der Waals surface area contributed by atoms with E-state index in [0.29, 0.717) is 0 Å². The topological polar surface area (TPSA) is 52.6 Å². The van der Waals surface area contributed by atoms with Gasteiger partial charge < -0.3 is 9.47 Å². The lowest BCUT2D eigenvalue weighted by Crippen LogP contribution is -2.36. The average Bonchev–Trinajstić information content (AvgIpc) is 2.26. The van der Waals surface area contributed by atoms with Gasteiger partial charge in [-0.15, -0.1) is 0 Å². The molecule has 0 aliphatic heterocycles. The molecule has 0 spiro atoms. The summed E-state index contributed by atoms with van der Waals surface area (Å²) in [5, 5.41) is 0. The Bertz CT molecular complexity index is 352. The number of hydrogen-bond acceptors (Lipinski definition) is 4.